The molecular formula is C24H26F3N3O5. The maximum Gasteiger partial charge on any atom is 0.415 e. The molecule has 0 bridgehead atoms. The Hall–Kier alpha value is -3.76. The Labute approximate surface area is 200 Å². The summed E-state index contributed by atoms with van der Waals surface area (Å²) in [6.45, 7) is 4.77. The van der Waals surface area contributed by atoms with Gasteiger partial charge in [-0.15, -0.1) is 0 Å². The second-order valence-electron chi connectivity index (χ2n) is 9.23. The number of halogens is 3. The zero-order chi connectivity index (χ0) is 26.1. The summed E-state index contributed by atoms with van der Waals surface area (Å²) in [4.78, 5) is 38.3. The first-order valence-electron chi connectivity index (χ1n) is 10.7. The van der Waals surface area contributed by atoms with Gasteiger partial charge in [-0.1, -0.05) is 24.3 Å². The van der Waals surface area contributed by atoms with Gasteiger partial charge in [0.25, 0.3) is 5.91 Å². The van der Waals surface area contributed by atoms with Crippen LogP contribution < -0.4 is 10.1 Å². The van der Waals surface area contributed by atoms with E-state index < -0.39 is 41.0 Å². The van der Waals surface area contributed by atoms with Crippen molar-refractivity contribution in [2.45, 2.75) is 45.4 Å². The molecule has 0 saturated carbocycles. The molecule has 0 radical (unpaired) electrons. The monoisotopic (exact) mass is 493 g/mol. The third-order valence-corrected chi connectivity index (χ3v) is 5.00. The highest BCUT2D eigenvalue weighted by Crippen LogP contribution is 2.36. The highest BCUT2D eigenvalue weighted by Gasteiger charge is 2.43. The van der Waals surface area contributed by atoms with E-state index in [1.807, 2.05) is 0 Å². The molecule has 0 unspecified atom stereocenters. The zero-order valence-corrected chi connectivity index (χ0v) is 19.9. The summed E-state index contributed by atoms with van der Waals surface area (Å²) in [6.07, 6.45) is -1.71. The second kappa shape index (κ2) is 9.47. The molecule has 0 saturated heterocycles. The van der Waals surface area contributed by atoms with Crippen LogP contribution in [0.4, 0.5) is 28.4 Å². The minimum Gasteiger partial charge on any atom is -0.444 e. The number of anilines is 1. The molecule has 1 aliphatic rings. The van der Waals surface area contributed by atoms with Crippen LogP contribution in [-0.4, -0.2) is 47.6 Å². The van der Waals surface area contributed by atoms with E-state index in [2.05, 4.69) is 5.32 Å². The van der Waals surface area contributed by atoms with Crippen molar-refractivity contribution in [2.75, 3.05) is 19.4 Å². The molecule has 3 amide bonds. The number of nitrogens with zero attached hydrogens (tertiary/aromatic N) is 2. The molecule has 8 nitrogen and oxygen atoms in total. The van der Waals surface area contributed by atoms with Crippen LogP contribution in [0.1, 0.15) is 37.5 Å². The largest absolute Gasteiger partial charge is 0.444 e. The predicted molar refractivity (Wildman–Crippen MR) is 121 cm³/mol. The Morgan fingerprint density at radius 1 is 1.17 bits per heavy atom. The molecular weight excluding hydrogens is 467 g/mol. The quantitative estimate of drug-likeness (QED) is 0.642. The van der Waals surface area contributed by atoms with Crippen LogP contribution in [0.2, 0.25) is 0 Å². The van der Waals surface area contributed by atoms with E-state index in [0.29, 0.717) is 5.56 Å². The molecule has 0 aliphatic carbocycles. The number of likely N-dealkylation sites (N-methyl/N-ethyl adjacent to an activating group) is 1. The first-order chi connectivity index (χ1) is 16.2. The van der Waals surface area contributed by atoms with Crippen LogP contribution in [-0.2, 0) is 28.5 Å². The third-order valence-electron chi connectivity index (χ3n) is 5.00. The molecule has 0 aromatic heterocycles. The van der Waals surface area contributed by atoms with Gasteiger partial charge in [-0.2, -0.15) is 8.78 Å². The fourth-order valence-corrected chi connectivity index (χ4v) is 3.35. The van der Waals surface area contributed by atoms with Gasteiger partial charge in [0, 0.05) is 30.8 Å². The fraction of sp³-hybridized carbons (Fsp3) is 0.375. The number of carbonyl (C=O) groups excluding carboxylic acids is 3. The highest BCUT2D eigenvalue weighted by molar-refractivity contribution is 5.85. The average molecular weight is 493 g/mol. The summed E-state index contributed by atoms with van der Waals surface area (Å²) in [7, 11) is 2.42. The molecule has 2 aromatic carbocycles. The molecule has 0 atom stereocenters. The third kappa shape index (κ3) is 5.84. The molecule has 0 fully saturated rings. The van der Waals surface area contributed by atoms with E-state index in [1.165, 1.54) is 43.3 Å². The summed E-state index contributed by atoms with van der Waals surface area (Å²) >= 11 is 0. The van der Waals surface area contributed by atoms with Gasteiger partial charge in [0.15, 0.2) is 5.82 Å². The predicted octanol–water partition coefficient (Wildman–Crippen LogP) is 4.87. The van der Waals surface area contributed by atoms with E-state index in [1.54, 1.807) is 20.8 Å². The SMILES string of the molecule is CN(C)C(=O)C(F)(F)c1ccc2c(c1)OC(=O)N(Cc1cccc(NC(=O)OC(C)(C)C)c1F)C2. The van der Waals surface area contributed by atoms with Gasteiger partial charge >= 0.3 is 18.1 Å². The van der Waals surface area contributed by atoms with Crippen LogP contribution in [0.3, 0.4) is 0 Å². The van der Waals surface area contributed by atoms with Gasteiger partial charge in [0.2, 0.25) is 0 Å². The normalized spacial score (nSPS) is 13.6. The van der Waals surface area contributed by atoms with Crippen molar-refractivity contribution in [2.24, 2.45) is 0 Å². The standard InChI is InChI=1S/C24H26F3N3O5/c1-23(2,3)35-21(32)28-17-8-6-7-15(19(17)25)13-30-12-14-9-10-16(11-18(14)34-22(30)33)24(26,27)20(31)29(4)5/h6-11H,12-13H2,1-5H3,(H,28,32). The lowest BCUT2D eigenvalue weighted by atomic mass is 10.0. The molecule has 3 rings (SSSR count). The van der Waals surface area contributed by atoms with Crippen molar-refractivity contribution >= 4 is 23.8 Å². The minimum atomic E-state index is -3.80. The van der Waals surface area contributed by atoms with Crippen molar-refractivity contribution in [3.8, 4) is 5.75 Å². The maximum absolute atomic E-state index is 15.0. The number of carbonyl (C=O) groups is 3. The zero-order valence-electron chi connectivity index (χ0n) is 19.9. The lowest BCUT2D eigenvalue weighted by Crippen LogP contribution is -2.38. The fourth-order valence-electron chi connectivity index (χ4n) is 3.35. The molecule has 11 heteroatoms. The number of fused-ring (bicyclic) bond motifs is 1. The van der Waals surface area contributed by atoms with Crippen molar-refractivity contribution < 1.29 is 37.0 Å². The van der Waals surface area contributed by atoms with Crippen molar-refractivity contribution in [1.29, 1.82) is 0 Å². The van der Waals surface area contributed by atoms with Gasteiger partial charge in [-0.25, -0.2) is 14.0 Å². The van der Waals surface area contributed by atoms with Crippen LogP contribution in [0.15, 0.2) is 36.4 Å². The van der Waals surface area contributed by atoms with Gasteiger partial charge in [0.05, 0.1) is 18.8 Å². The minimum absolute atomic E-state index is 0.0369. The number of alkyl halides is 2. The number of ether oxygens (including phenoxy) is 2. The van der Waals surface area contributed by atoms with Gasteiger partial charge in [-0.3, -0.25) is 15.0 Å². The van der Waals surface area contributed by atoms with Gasteiger partial charge in [-0.05, 0) is 32.9 Å². The van der Waals surface area contributed by atoms with Crippen LogP contribution in [0.5, 0.6) is 5.75 Å². The summed E-state index contributed by atoms with van der Waals surface area (Å²) in [5.41, 5.74) is -1.00. The summed E-state index contributed by atoms with van der Waals surface area (Å²) in [6, 6.07) is 7.67. The van der Waals surface area contributed by atoms with Crippen LogP contribution in [0.25, 0.3) is 0 Å². The maximum atomic E-state index is 15.0. The lowest BCUT2D eigenvalue weighted by Gasteiger charge is -2.29. The van der Waals surface area contributed by atoms with Crippen LogP contribution in [0, 0.1) is 5.82 Å². The second-order valence-corrected chi connectivity index (χ2v) is 9.23. The van der Waals surface area contributed by atoms with Crippen molar-refractivity contribution in [3.05, 3.63) is 58.9 Å². The number of hydrogen-bond donors (Lipinski definition) is 1. The number of amides is 3. The molecule has 1 heterocycles. The molecule has 188 valence electrons. The molecule has 0 spiro atoms. The van der Waals surface area contributed by atoms with E-state index in [0.717, 1.165) is 17.0 Å². The van der Waals surface area contributed by atoms with E-state index in [-0.39, 0.29) is 30.1 Å². The summed E-state index contributed by atoms with van der Waals surface area (Å²) in [5.74, 6) is -6.06. The number of hydrogen-bond acceptors (Lipinski definition) is 5. The smallest absolute Gasteiger partial charge is 0.415 e. The highest BCUT2D eigenvalue weighted by atomic mass is 19.3. The topological polar surface area (TPSA) is 88.2 Å². The van der Waals surface area contributed by atoms with Gasteiger partial charge in [0.1, 0.15) is 11.4 Å². The number of nitrogens with one attached hydrogen (secondary N) is 1. The lowest BCUT2D eigenvalue weighted by molar-refractivity contribution is -0.156. The summed E-state index contributed by atoms with van der Waals surface area (Å²) < 4.78 is 54.3. The first-order valence-corrected chi connectivity index (χ1v) is 10.7. The van der Waals surface area contributed by atoms with Crippen molar-refractivity contribution in [1.82, 2.24) is 9.80 Å². The Balaban J connectivity index is 1.78. The van der Waals surface area contributed by atoms with Gasteiger partial charge < -0.3 is 14.4 Å². The Morgan fingerprint density at radius 2 is 1.86 bits per heavy atom. The molecule has 1 aliphatic heterocycles. The molecule has 2 aromatic rings. The number of benzene rings is 2. The van der Waals surface area contributed by atoms with E-state index >= 15 is 4.39 Å². The average Bonchev–Trinajstić information content (AvgIpc) is 2.74. The Bertz CT molecular complexity index is 1160. The van der Waals surface area contributed by atoms with Crippen LogP contribution >= 0.6 is 0 Å². The van der Waals surface area contributed by atoms with E-state index in [4.69, 9.17) is 9.47 Å². The molecule has 35 heavy (non-hydrogen) atoms. The van der Waals surface area contributed by atoms with Crippen molar-refractivity contribution in [3.63, 3.8) is 0 Å². The van der Waals surface area contributed by atoms with E-state index in [9.17, 15) is 23.2 Å². The first kappa shape index (κ1) is 25.9. The molecule has 1 N–H and O–H groups in total. The Morgan fingerprint density at radius 3 is 2.49 bits per heavy atom. The number of rotatable bonds is 5. The summed E-state index contributed by atoms with van der Waals surface area (Å²) in [5, 5.41) is 2.34. The Kier molecular flexibility index (Phi) is 7.00.